The summed E-state index contributed by atoms with van der Waals surface area (Å²) in [5.74, 6) is 7.02. The monoisotopic (exact) mass is 353 g/mol. The molecule has 0 radical (unpaired) electrons. The van der Waals surface area contributed by atoms with Crippen molar-refractivity contribution in [3.8, 4) is 0 Å². The van der Waals surface area contributed by atoms with Crippen molar-refractivity contribution in [1.82, 2.24) is 9.97 Å². The summed E-state index contributed by atoms with van der Waals surface area (Å²) in [6.45, 7) is 3.90. The number of anilines is 3. The van der Waals surface area contributed by atoms with E-state index >= 15 is 0 Å². The molecular formula is C14H17BrFN5. The van der Waals surface area contributed by atoms with Gasteiger partial charge in [0.05, 0.1) is 4.47 Å². The van der Waals surface area contributed by atoms with Gasteiger partial charge < -0.3 is 10.7 Å². The largest absolute Gasteiger partial charge is 0.340 e. The molecule has 0 amide bonds. The third-order valence-corrected chi connectivity index (χ3v) is 3.63. The zero-order chi connectivity index (χ0) is 15.4. The molecule has 0 unspecified atom stereocenters. The molecule has 0 atom stereocenters. The number of rotatable bonds is 5. The second-order valence-corrected chi connectivity index (χ2v) is 5.46. The minimum Gasteiger partial charge on any atom is -0.340 e. The van der Waals surface area contributed by atoms with E-state index in [2.05, 4.69) is 43.6 Å². The van der Waals surface area contributed by atoms with Gasteiger partial charge in [0.1, 0.15) is 23.3 Å². The molecule has 21 heavy (non-hydrogen) atoms. The molecule has 0 saturated carbocycles. The van der Waals surface area contributed by atoms with Crippen LogP contribution in [0.4, 0.5) is 21.7 Å². The van der Waals surface area contributed by atoms with Gasteiger partial charge in [0.25, 0.3) is 0 Å². The minimum atomic E-state index is -0.335. The third kappa shape index (κ3) is 3.68. The second kappa shape index (κ2) is 6.82. The smallest absolute Gasteiger partial charge is 0.148 e. The van der Waals surface area contributed by atoms with Crippen LogP contribution in [0.2, 0.25) is 0 Å². The molecule has 4 N–H and O–H groups in total. The summed E-state index contributed by atoms with van der Waals surface area (Å²) in [7, 11) is 0. The van der Waals surface area contributed by atoms with E-state index in [9.17, 15) is 4.39 Å². The Kier molecular flexibility index (Phi) is 5.08. The number of hydrogen-bond donors (Lipinski definition) is 3. The Labute approximate surface area is 131 Å². The van der Waals surface area contributed by atoms with Crippen LogP contribution < -0.4 is 16.6 Å². The Morgan fingerprint density at radius 2 is 2.00 bits per heavy atom. The molecule has 0 fully saturated rings. The Morgan fingerprint density at radius 1 is 1.29 bits per heavy atom. The highest BCUT2D eigenvalue weighted by Gasteiger charge is 2.11. The first-order valence-electron chi connectivity index (χ1n) is 6.61. The fourth-order valence-corrected chi connectivity index (χ4v) is 2.12. The zero-order valence-electron chi connectivity index (χ0n) is 11.9. The van der Waals surface area contributed by atoms with Crippen molar-refractivity contribution in [3.63, 3.8) is 0 Å². The van der Waals surface area contributed by atoms with Gasteiger partial charge in [-0.1, -0.05) is 6.92 Å². The molecule has 0 saturated heterocycles. The van der Waals surface area contributed by atoms with E-state index in [0.29, 0.717) is 27.6 Å². The van der Waals surface area contributed by atoms with Crippen molar-refractivity contribution < 1.29 is 4.39 Å². The average molecular weight is 354 g/mol. The standard InChI is InChI=1S/C14H17BrFN5/c1-3-4-12-19-13(8(2)14(20-12)21-17)18-9-5-6-10(15)11(16)7-9/h5-7H,3-4,17H2,1-2H3,(H2,18,19,20,21). The number of halogens is 2. The van der Waals surface area contributed by atoms with Crippen LogP contribution in [0.5, 0.6) is 0 Å². The maximum atomic E-state index is 13.6. The number of nitrogens with two attached hydrogens (primary N) is 1. The van der Waals surface area contributed by atoms with Gasteiger partial charge in [-0.05, 0) is 47.5 Å². The molecule has 2 aromatic rings. The Balaban J connectivity index is 2.37. The van der Waals surface area contributed by atoms with Gasteiger partial charge in [-0.15, -0.1) is 0 Å². The van der Waals surface area contributed by atoms with Crippen molar-refractivity contribution >= 4 is 33.3 Å². The summed E-state index contributed by atoms with van der Waals surface area (Å²) < 4.78 is 14.0. The van der Waals surface area contributed by atoms with E-state index in [1.807, 2.05) is 6.92 Å². The molecule has 0 aliphatic rings. The van der Waals surface area contributed by atoms with Crippen LogP contribution in [0.25, 0.3) is 0 Å². The van der Waals surface area contributed by atoms with E-state index in [1.54, 1.807) is 12.1 Å². The normalized spacial score (nSPS) is 10.5. The molecule has 1 heterocycles. The SMILES string of the molecule is CCCc1nc(NN)c(C)c(Nc2ccc(Br)c(F)c2)n1. The van der Waals surface area contributed by atoms with Gasteiger partial charge in [-0.3, -0.25) is 0 Å². The van der Waals surface area contributed by atoms with Crippen molar-refractivity contribution in [1.29, 1.82) is 0 Å². The van der Waals surface area contributed by atoms with E-state index < -0.39 is 0 Å². The Morgan fingerprint density at radius 3 is 2.62 bits per heavy atom. The number of nitrogen functional groups attached to an aromatic ring is 1. The highest BCUT2D eigenvalue weighted by molar-refractivity contribution is 9.10. The lowest BCUT2D eigenvalue weighted by Crippen LogP contribution is -2.14. The first-order chi connectivity index (χ1) is 10.0. The summed E-state index contributed by atoms with van der Waals surface area (Å²) in [6.07, 6.45) is 1.68. The number of hydrazine groups is 1. The number of hydrogen-bond acceptors (Lipinski definition) is 5. The highest BCUT2D eigenvalue weighted by atomic mass is 79.9. The summed E-state index contributed by atoms with van der Waals surface area (Å²) in [5, 5.41) is 3.11. The van der Waals surface area contributed by atoms with Gasteiger partial charge in [-0.2, -0.15) is 0 Å². The fraction of sp³-hybridized carbons (Fsp3) is 0.286. The quantitative estimate of drug-likeness (QED) is 0.564. The van der Waals surface area contributed by atoms with Crippen LogP contribution in [0, 0.1) is 12.7 Å². The highest BCUT2D eigenvalue weighted by Crippen LogP contribution is 2.26. The summed E-state index contributed by atoms with van der Waals surface area (Å²) >= 11 is 3.13. The molecule has 7 heteroatoms. The molecule has 0 aliphatic carbocycles. The zero-order valence-corrected chi connectivity index (χ0v) is 13.5. The minimum absolute atomic E-state index is 0.335. The maximum absolute atomic E-state index is 13.6. The fourth-order valence-electron chi connectivity index (χ4n) is 1.87. The van der Waals surface area contributed by atoms with Gasteiger partial charge in [0.2, 0.25) is 0 Å². The molecule has 0 bridgehead atoms. The van der Waals surface area contributed by atoms with Crippen LogP contribution in [-0.4, -0.2) is 9.97 Å². The van der Waals surface area contributed by atoms with Gasteiger partial charge >= 0.3 is 0 Å². The lowest BCUT2D eigenvalue weighted by atomic mass is 10.2. The van der Waals surface area contributed by atoms with E-state index in [1.165, 1.54) is 6.07 Å². The lowest BCUT2D eigenvalue weighted by Gasteiger charge is -2.13. The summed E-state index contributed by atoms with van der Waals surface area (Å²) in [6, 6.07) is 4.81. The number of nitrogens with zero attached hydrogens (tertiary/aromatic N) is 2. The van der Waals surface area contributed by atoms with Crippen molar-refractivity contribution in [2.24, 2.45) is 5.84 Å². The first kappa shape index (κ1) is 15.7. The van der Waals surface area contributed by atoms with Gasteiger partial charge in [-0.25, -0.2) is 20.2 Å². The molecule has 5 nitrogen and oxygen atoms in total. The summed E-state index contributed by atoms with van der Waals surface area (Å²) in [4.78, 5) is 8.81. The van der Waals surface area contributed by atoms with Crippen LogP contribution in [-0.2, 0) is 6.42 Å². The molecule has 0 spiro atoms. The maximum Gasteiger partial charge on any atom is 0.148 e. The predicted octanol–water partition coefficient (Wildman–Crippen LogP) is 3.67. The average Bonchev–Trinajstić information content (AvgIpc) is 2.46. The topological polar surface area (TPSA) is 75.9 Å². The molecule has 2 rings (SSSR count). The van der Waals surface area contributed by atoms with Crippen molar-refractivity contribution in [2.45, 2.75) is 26.7 Å². The van der Waals surface area contributed by atoms with Crippen LogP contribution in [0.3, 0.4) is 0 Å². The van der Waals surface area contributed by atoms with Crippen molar-refractivity contribution in [3.05, 3.63) is 39.9 Å². The van der Waals surface area contributed by atoms with Gasteiger partial charge in [0, 0.05) is 17.7 Å². The predicted molar refractivity (Wildman–Crippen MR) is 86.0 cm³/mol. The number of nitrogens with one attached hydrogen (secondary N) is 2. The van der Waals surface area contributed by atoms with Crippen LogP contribution in [0.15, 0.2) is 22.7 Å². The van der Waals surface area contributed by atoms with E-state index in [0.717, 1.165) is 18.4 Å². The molecule has 112 valence electrons. The number of aromatic nitrogens is 2. The lowest BCUT2D eigenvalue weighted by molar-refractivity contribution is 0.622. The van der Waals surface area contributed by atoms with Crippen molar-refractivity contribution in [2.75, 3.05) is 10.7 Å². The van der Waals surface area contributed by atoms with Gasteiger partial charge in [0.15, 0.2) is 0 Å². The number of aryl methyl sites for hydroxylation is 1. The second-order valence-electron chi connectivity index (χ2n) is 4.61. The summed E-state index contributed by atoms with van der Waals surface area (Å²) in [5.41, 5.74) is 3.96. The van der Waals surface area contributed by atoms with E-state index in [4.69, 9.17) is 5.84 Å². The Hall–Kier alpha value is -1.73. The molecular weight excluding hydrogens is 337 g/mol. The van der Waals surface area contributed by atoms with Crippen LogP contribution >= 0.6 is 15.9 Å². The molecule has 1 aromatic carbocycles. The third-order valence-electron chi connectivity index (χ3n) is 2.98. The number of benzene rings is 1. The first-order valence-corrected chi connectivity index (χ1v) is 7.40. The Bertz CT molecular complexity index is 648. The van der Waals surface area contributed by atoms with Crippen LogP contribution in [0.1, 0.15) is 24.7 Å². The molecule has 1 aromatic heterocycles. The van der Waals surface area contributed by atoms with E-state index in [-0.39, 0.29) is 5.82 Å². The molecule has 0 aliphatic heterocycles.